The van der Waals surface area contributed by atoms with E-state index in [1.165, 1.54) is 37.4 Å². The third kappa shape index (κ3) is 5.65. The van der Waals surface area contributed by atoms with Crippen molar-refractivity contribution >= 4 is 44.8 Å². The number of carbonyl (C=O) groups is 2. The van der Waals surface area contributed by atoms with Crippen LogP contribution in [-0.2, 0) is 21.2 Å². The Morgan fingerprint density at radius 1 is 1.03 bits per heavy atom. The molecule has 0 atom stereocenters. The Labute approximate surface area is 204 Å². The Morgan fingerprint density at radius 2 is 1.74 bits per heavy atom. The number of amides is 2. The van der Waals surface area contributed by atoms with Gasteiger partial charge in [0, 0.05) is 18.3 Å². The Kier molecular flexibility index (Phi) is 8.09. The van der Waals surface area contributed by atoms with Gasteiger partial charge in [0.25, 0.3) is 15.9 Å². The lowest BCUT2D eigenvalue weighted by Gasteiger charge is -2.24. The molecular weight excluding hydrogens is 474 g/mol. The molecule has 176 valence electrons. The number of halogens is 1. The van der Waals surface area contributed by atoms with Crippen molar-refractivity contribution in [1.82, 2.24) is 5.32 Å². The van der Waals surface area contributed by atoms with Crippen molar-refractivity contribution in [3.05, 3.63) is 102 Å². The number of nitrogens with one attached hydrogen (secondary N) is 2. The van der Waals surface area contributed by atoms with E-state index in [0.717, 1.165) is 4.31 Å². The van der Waals surface area contributed by atoms with Crippen molar-refractivity contribution in [2.45, 2.75) is 11.3 Å². The van der Waals surface area contributed by atoms with Gasteiger partial charge in [0.2, 0.25) is 5.91 Å². The summed E-state index contributed by atoms with van der Waals surface area (Å²) in [6.45, 7) is 3.64. The van der Waals surface area contributed by atoms with Crippen LogP contribution in [0.2, 0.25) is 5.02 Å². The highest BCUT2D eigenvalue weighted by atomic mass is 35.5. The minimum atomic E-state index is -4.05. The highest BCUT2D eigenvalue weighted by molar-refractivity contribution is 7.92. The number of carbonyl (C=O) groups excluding carboxylic acids is 2. The first kappa shape index (κ1) is 25.0. The van der Waals surface area contributed by atoms with Crippen LogP contribution < -0.4 is 14.9 Å². The number of para-hydroxylation sites is 2. The van der Waals surface area contributed by atoms with Crippen molar-refractivity contribution in [2.75, 3.05) is 23.2 Å². The molecule has 0 aliphatic carbocycles. The third-order valence-electron chi connectivity index (χ3n) is 5.00. The lowest BCUT2D eigenvalue weighted by atomic mass is 10.1. The van der Waals surface area contributed by atoms with Crippen LogP contribution in [-0.4, -0.2) is 33.8 Å². The lowest BCUT2D eigenvalue weighted by molar-refractivity contribution is -0.119. The summed E-state index contributed by atoms with van der Waals surface area (Å²) in [5.41, 5.74) is 1.55. The van der Waals surface area contributed by atoms with Gasteiger partial charge in [-0.05, 0) is 42.0 Å². The SMILES string of the molecule is C=CCN(c1ccccc1Cl)S(=O)(=O)c1cccc(C(=O)Nc2ccccc2CC(=O)NC)c1. The van der Waals surface area contributed by atoms with Gasteiger partial charge in [-0.2, -0.15) is 0 Å². The molecule has 0 spiro atoms. The molecule has 0 heterocycles. The zero-order valence-electron chi connectivity index (χ0n) is 18.5. The maximum Gasteiger partial charge on any atom is 0.264 e. The maximum absolute atomic E-state index is 13.5. The van der Waals surface area contributed by atoms with Crippen molar-refractivity contribution in [2.24, 2.45) is 0 Å². The molecule has 0 aliphatic rings. The summed E-state index contributed by atoms with van der Waals surface area (Å²) in [6, 6.07) is 19.3. The van der Waals surface area contributed by atoms with Crippen LogP contribution in [0.4, 0.5) is 11.4 Å². The van der Waals surface area contributed by atoms with Crippen LogP contribution in [0.25, 0.3) is 0 Å². The fourth-order valence-corrected chi connectivity index (χ4v) is 5.06. The highest BCUT2D eigenvalue weighted by Gasteiger charge is 2.26. The van der Waals surface area contributed by atoms with E-state index in [0.29, 0.717) is 16.9 Å². The summed E-state index contributed by atoms with van der Waals surface area (Å²) in [4.78, 5) is 24.7. The second-order valence-corrected chi connectivity index (χ2v) is 9.53. The molecule has 0 unspecified atom stereocenters. The zero-order valence-corrected chi connectivity index (χ0v) is 20.1. The molecule has 3 rings (SSSR count). The van der Waals surface area contributed by atoms with E-state index in [9.17, 15) is 18.0 Å². The Balaban J connectivity index is 1.92. The molecule has 0 aliphatic heterocycles. The standard InChI is InChI=1S/C25H24ClN3O4S/c1-3-15-29(23-14-7-5-12-21(23)26)34(32,33)20-11-8-10-19(16-20)25(31)28-22-13-6-4-9-18(22)17-24(30)27-2/h3-14,16H,1,15,17H2,2H3,(H,27,30)(H,28,31). The Morgan fingerprint density at radius 3 is 2.44 bits per heavy atom. The molecule has 7 nitrogen and oxygen atoms in total. The minimum absolute atomic E-state index is 0.00460. The minimum Gasteiger partial charge on any atom is -0.359 e. The zero-order chi connectivity index (χ0) is 24.7. The van der Waals surface area contributed by atoms with Gasteiger partial charge in [-0.25, -0.2) is 8.42 Å². The number of likely N-dealkylation sites (N-methyl/N-ethyl adjacent to an activating group) is 1. The molecule has 2 amide bonds. The predicted octanol–water partition coefficient (Wildman–Crippen LogP) is 4.26. The first-order valence-corrected chi connectivity index (χ1v) is 12.2. The van der Waals surface area contributed by atoms with Crippen LogP contribution in [0.1, 0.15) is 15.9 Å². The average molecular weight is 498 g/mol. The molecule has 0 fully saturated rings. The molecule has 0 saturated carbocycles. The van der Waals surface area contributed by atoms with Gasteiger partial charge in [-0.3, -0.25) is 13.9 Å². The molecule has 0 saturated heterocycles. The number of nitrogens with zero attached hydrogens (tertiary/aromatic N) is 1. The first-order valence-electron chi connectivity index (χ1n) is 10.4. The van der Waals surface area contributed by atoms with Crippen LogP contribution in [0.15, 0.2) is 90.3 Å². The van der Waals surface area contributed by atoms with Gasteiger partial charge in [-0.1, -0.05) is 54.1 Å². The van der Waals surface area contributed by atoms with E-state index in [2.05, 4.69) is 17.2 Å². The van der Waals surface area contributed by atoms with Gasteiger partial charge in [0.15, 0.2) is 0 Å². The maximum atomic E-state index is 13.5. The quantitative estimate of drug-likeness (QED) is 0.432. The van der Waals surface area contributed by atoms with Crippen molar-refractivity contribution in [3.63, 3.8) is 0 Å². The summed E-state index contributed by atoms with van der Waals surface area (Å²) >= 11 is 6.25. The monoisotopic (exact) mass is 497 g/mol. The molecule has 2 N–H and O–H groups in total. The normalized spacial score (nSPS) is 10.9. The van der Waals surface area contributed by atoms with Gasteiger partial charge >= 0.3 is 0 Å². The highest BCUT2D eigenvalue weighted by Crippen LogP contribution is 2.30. The molecule has 0 radical (unpaired) electrons. The van der Waals surface area contributed by atoms with Crippen LogP contribution >= 0.6 is 11.6 Å². The van der Waals surface area contributed by atoms with Crippen molar-refractivity contribution < 1.29 is 18.0 Å². The van der Waals surface area contributed by atoms with Crippen LogP contribution in [0, 0.1) is 0 Å². The van der Waals surface area contributed by atoms with Crippen LogP contribution in [0.5, 0.6) is 0 Å². The van der Waals surface area contributed by atoms with Crippen molar-refractivity contribution in [3.8, 4) is 0 Å². The Hall–Kier alpha value is -3.62. The number of benzene rings is 3. The topological polar surface area (TPSA) is 95.6 Å². The van der Waals surface area contributed by atoms with Crippen molar-refractivity contribution in [1.29, 1.82) is 0 Å². The number of sulfonamides is 1. The second-order valence-electron chi connectivity index (χ2n) is 7.27. The number of hydrogen-bond acceptors (Lipinski definition) is 4. The van der Waals surface area contributed by atoms with E-state index in [1.807, 2.05) is 0 Å². The number of anilines is 2. The largest absolute Gasteiger partial charge is 0.359 e. The fraction of sp³-hybridized carbons (Fsp3) is 0.120. The third-order valence-corrected chi connectivity index (χ3v) is 7.09. The molecule has 9 heteroatoms. The molecule has 0 bridgehead atoms. The van der Waals surface area contributed by atoms with E-state index in [1.54, 1.807) is 48.5 Å². The molecule has 3 aromatic rings. The summed E-state index contributed by atoms with van der Waals surface area (Å²) < 4.78 is 28.1. The van der Waals surface area contributed by atoms with Gasteiger partial charge in [-0.15, -0.1) is 6.58 Å². The fourth-order valence-electron chi connectivity index (χ4n) is 3.27. The second kappa shape index (κ2) is 11.0. The molecule has 34 heavy (non-hydrogen) atoms. The van der Waals surface area contributed by atoms with E-state index < -0.39 is 15.9 Å². The smallest absolute Gasteiger partial charge is 0.264 e. The molecular formula is C25H24ClN3O4S. The summed E-state index contributed by atoms with van der Waals surface area (Å²) in [5, 5.41) is 5.59. The van der Waals surface area contributed by atoms with Gasteiger partial charge < -0.3 is 10.6 Å². The lowest BCUT2D eigenvalue weighted by Crippen LogP contribution is -2.31. The summed E-state index contributed by atoms with van der Waals surface area (Å²) in [7, 11) is -2.51. The summed E-state index contributed by atoms with van der Waals surface area (Å²) in [6.07, 6.45) is 1.55. The molecule has 3 aromatic carbocycles. The van der Waals surface area contributed by atoms with Gasteiger partial charge in [0.1, 0.15) is 0 Å². The van der Waals surface area contributed by atoms with E-state index >= 15 is 0 Å². The first-order chi connectivity index (χ1) is 16.3. The Bertz CT molecular complexity index is 1320. The number of hydrogen-bond donors (Lipinski definition) is 2. The van der Waals surface area contributed by atoms with Crippen LogP contribution in [0.3, 0.4) is 0 Å². The average Bonchev–Trinajstić information content (AvgIpc) is 2.84. The number of rotatable bonds is 9. The van der Waals surface area contributed by atoms with Gasteiger partial charge in [0.05, 0.1) is 28.6 Å². The van der Waals surface area contributed by atoms with E-state index in [-0.39, 0.29) is 34.4 Å². The predicted molar refractivity (Wildman–Crippen MR) is 135 cm³/mol. The van der Waals surface area contributed by atoms with E-state index in [4.69, 9.17) is 11.6 Å². The molecule has 0 aromatic heterocycles. The summed E-state index contributed by atoms with van der Waals surface area (Å²) in [5.74, 6) is -0.703.